The van der Waals surface area contributed by atoms with Gasteiger partial charge in [0, 0.05) is 25.2 Å². The van der Waals surface area contributed by atoms with E-state index in [1.807, 2.05) is 11.4 Å². The summed E-state index contributed by atoms with van der Waals surface area (Å²) in [5.41, 5.74) is 0.510. The van der Waals surface area contributed by atoms with E-state index < -0.39 is 6.55 Å². The van der Waals surface area contributed by atoms with Crippen LogP contribution in [0.1, 0.15) is 41.2 Å². The van der Waals surface area contributed by atoms with Gasteiger partial charge in [-0.2, -0.15) is 8.78 Å². The Bertz CT molecular complexity index is 935. The number of ketones is 1. The molecule has 0 radical (unpaired) electrons. The summed E-state index contributed by atoms with van der Waals surface area (Å²) in [6, 6.07) is 3.57. The van der Waals surface area contributed by atoms with E-state index in [1.54, 1.807) is 13.0 Å². The van der Waals surface area contributed by atoms with Gasteiger partial charge < -0.3 is 5.32 Å². The van der Waals surface area contributed by atoms with Crippen molar-refractivity contribution in [3.05, 3.63) is 40.5 Å². The number of thiazole rings is 1. The maximum absolute atomic E-state index is 13.0. The van der Waals surface area contributed by atoms with Gasteiger partial charge in [-0.3, -0.25) is 14.2 Å². The van der Waals surface area contributed by atoms with Crippen molar-refractivity contribution in [1.82, 2.24) is 14.5 Å². The third kappa shape index (κ3) is 4.64. The highest BCUT2D eigenvalue weighted by molar-refractivity contribution is 7.19. The average Bonchev–Trinajstić information content (AvgIpc) is 3.35. The van der Waals surface area contributed by atoms with Crippen molar-refractivity contribution in [2.45, 2.75) is 32.7 Å². The van der Waals surface area contributed by atoms with E-state index in [-0.39, 0.29) is 23.9 Å². The second-order valence-corrected chi connectivity index (χ2v) is 7.62. The summed E-state index contributed by atoms with van der Waals surface area (Å²) in [5, 5.41) is 4.81. The quantitative estimate of drug-likeness (QED) is 0.543. The number of alkyl halides is 2. The summed E-state index contributed by atoms with van der Waals surface area (Å²) in [4.78, 5) is 33.3. The van der Waals surface area contributed by atoms with Crippen LogP contribution in [0.4, 0.5) is 13.9 Å². The van der Waals surface area contributed by atoms with Crippen molar-refractivity contribution in [3.63, 3.8) is 0 Å². The first kappa shape index (κ1) is 19.3. The molecule has 27 heavy (non-hydrogen) atoms. The average molecular weight is 410 g/mol. The van der Waals surface area contributed by atoms with E-state index in [1.165, 1.54) is 23.7 Å². The molecule has 1 N–H and O–H groups in total. The van der Waals surface area contributed by atoms with E-state index in [0.29, 0.717) is 33.4 Å². The molecule has 0 fully saturated rings. The molecule has 1 amide bonds. The first-order valence-corrected chi connectivity index (χ1v) is 9.80. The van der Waals surface area contributed by atoms with Gasteiger partial charge in [-0.25, -0.2) is 9.97 Å². The van der Waals surface area contributed by atoms with Gasteiger partial charge in [0.1, 0.15) is 0 Å². The summed E-state index contributed by atoms with van der Waals surface area (Å²) in [7, 11) is 0. The largest absolute Gasteiger partial charge is 0.320 e. The predicted octanol–water partition coefficient (Wildman–Crippen LogP) is 4.76. The maximum Gasteiger partial charge on any atom is 0.320 e. The molecular formula is C17H16F2N4O2S2. The number of nitrogens with one attached hydrogen (secondary N) is 1. The first-order chi connectivity index (χ1) is 13.0. The number of nitrogens with zero attached hydrogens (tertiary/aromatic N) is 3. The van der Waals surface area contributed by atoms with Gasteiger partial charge in [-0.15, -0.1) is 11.3 Å². The minimum atomic E-state index is -2.71. The Morgan fingerprint density at radius 1 is 1.33 bits per heavy atom. The number of imidazole rings is 1. The Morgan fingerprint density at radius 2 is 2.15 bits per heavy atom. The zero-order valence-electron chi connectivity index (χ0n) is 14.3. The summed E-state index contributed by atoms with van der Waals surface area (Å²) >= 11 is 2.47. The number of amides is 1. The van der Waals surface area contributed by atoms with Crippen LogP contribution in [0.2, 0.25) is 0 Å². The molecule has 3 aromatic heterocycles. The fraction of sp³-hybridized carbons (Fsp3) is 0.294. The molecule has 0 aliphatic carbocycles. The molecule has 0 aliphatic rings. The van der Waals surface area contributed by atoms with Gasteiger partial charge >= 0.3 is 6.55 Å². The smallest absolute Gasteiger partial charge is 0.302 e. The van der Waals surface area contributed by atoms with Crippen LogP contribution in [0.5, 0.6) is 0 Å². The van der Waals surface area contributed by atoms with Crippen molar-refractivity contribution in [2.75, 3.05) is 5.32 Å². The number of halogens is 2. The summed E-state index contributed by atoms with van der Waals surface area (Å²) in [5.74, 6) is -0.141. The van der Waals surface area contributed by atoms with E-state index in [4.69, 9.17) is 0 Å². The summed E-state index contributed by atoms with van der Waals surface area (Å²) in [6.07, 6.45) is 3.39. The van der Waals surface area contributed by atoms with Crippen molar-refractivity contribution >= 4 is 39.5 Å². The normalized spacial score (nSPS) is 11.1. The number of aromatic nitrogens is 3. The molecule has 0 saturated carbocycles. The van der Waals surface area contributed by atoms with Crippen molar-refractivity contribution in [2.24, 2.45) is 0 Å². The van der Waals surface area contributed by atoms with Crippen molar-refractivity contribution in [3.8, 4) is 10.7 Å². The Labute approximate surface area is 161 Å². The molecule has 0 spiro atoms. The highest BCUT2D eigenvalue weighted by Crippen LogP contribution is 2.33. The number of carbonyl (C=O) groups excluding carboxylic acids is 2. The Hall–Kier alpha value is -2.46. The number of Topliss-reactive ketones (excluding diaryl/α,β-unsaturated/α-hetero) is 1. The van der Waals surface area contributed by atoms with Crippen molar-refractivity contribution < 1.29 is 18.4 Å². The third-order valence-corrected chi connectivity index (χ3v) is 5.71. The molecule has 0 unspecified atom stereocenters. The van der Waals surface area contributed by atoms with Crippen LogP contribution < -0.4 is 5.32 Å². The number of hydrogen-bond acceptors (Lipinski definition) is 6. The number of anilines is 1. The van der Waals surface area contributed by atoms with Crippen molar-refractivity contribution in [1.29, 1.82) is 0 Å². The standard InChI is InChI=1S/C17H16F2N4O2S2/c1-10-14(15-20-7-8-23(15)16(18)19)27-17(21-10)22-13(25)6-2-4-11(24)12-5-3-9-26-12/h3,5,7-9,16H,2,4,6H2,1H3,(H,21,22,25). The second kappa shape index (κ2) is 8.49. The lowest BCUT2D eigenvalue weighted by atomic mass is 10.1. The minimum absolute atomic E-state index is 0.0176. The Morgan fingerprint density at radius 3 is 2.85 bits per heavy atom. The molecule has 3 aromatic rings. The van der Waals surface area contributed by atoms with Crippen LogP contribution in [-0.2, 0) is 4.79 Å². The van der Waals surface area contributed by atoms with Crippen LogP contribution in [0.25, 0.3) is 10.7 Å². The van der Waals surface area contributed by atoms with Gasteiger partial charge in [0.2, 0.25) is 5.91 Å². The SMILES string of the molecule is Cc1nc(NC(=O)CCCC(=O)c2cccs2)sc1-c1nccn1C(F)F. The third-order valence-electron chi connectivity index (χ3n) is 3.73. The number of hydrogen-bond donors (Lipinski definition) is 1. The summed E-state index contributed by atoms with van der Waals surface area (Å²) in [6.45, 7) is -1.03. The lowest BCUT2D eigenvalue weighted by Gasteiger charge is -2.04. The molecule has 0 aromatic carbocycles. The predicted molar refractivity (Wildman–Crippen MR) is 100 cm³/mol. The van der Waals surface area contributed by atoms with E-state index in [0.717, 1.165) is 15.9 Å². The molecule has 0 aliphatic heterocycles. The second-order valence-electron chi connectivity index (χ2n) is 5.67. The summed E-state index contributed by atoms with van der Waals surface area (Å²) < 4.78 is 26.8. The number of rotatable bonds is 8. The molecule has 6 nitrogen and oxygen atoms in total. The Kier molecular flexibility index (Phi) is 6.07. The molecule has 142 valence electrons. The highest BCUT2D eigenvalue weighted by atomic mass is 32.1. The van der Waals surface area contributed by atoms with E-state index >= 15 is 0 Å². The van der Waals surface area contributed by atoms with Gasteiger partial charge in [-0.1, -0.05) is 17.4 Å². The fourth-order valence-electron chi connectivity index (χ4n) is 2.46. The first-order valence-electron chi connectivity index (χ1n) is 8.11. The minimum Gasteiger partial charge on any atom is -0.302 e. The molecule has 0 saturated heterocycles. The lowest BCUT2D eigenvalue weighted by molar-refractivity contribution is -0.116. The molecule has 0 atom stereocenters. The van der Waals surface area contributed by atoms with E-state index in [9.17, 15) is 18.4 Å². The van der Waals surface area contributed by atoms with Crippen LogP contribution in [0, 0.1) is 6.92 Å². The van der Waals surface area contributed by atoms with Gasteiger partial charge in [0.05, 0.1) is 15.4 Å². The zero-order valence-corrected chi connectivity index (χ0v) is 15.9. The lowest BCUT2D eigenvalue weighted by Crippen LogP contribution is -2.11. The van der Waals surface area contributed by atoms with Crippen LogP contribution in [-0.4, -0.2) is 26.2 Å². The molecular weight excluding hydrogens is 394 g/mol. The van der Waals surface area contributed by atoms with Crippen LogP contribution in [0.3, 0.4) is 0 Å². The van der Waals surface area contributed by atoms with Gasteiger partial charge in [-0.05, 0) is 24.8 Å². The molecule has 10 heteroatoms. The molecule has 0 bridgehead atoms. The molecule has 3 rings (SSSR count). The zero-order chi connectivity index (χ0) is 19.4. The van der Waals surface area contributed by atoms with Gasteiger partial charge in [0.25, 0.3) is 0 Å². The number of aryl methyl sites for hydroxylation is 1. The van der Waals surface area contributed by atoms with Crippen LogP contribution in [0.15, 0.2) is 29.9 Å². The maximum atomic E-state index is 13.0. The fourth-order valence-corrected chi connectivity index (χ4v) is 4.13. The Balaban J connectivity index is 1.57. The van der Waals surface area contributed by atoms with Gasteiger partial charge in [0.15, 0.2) is 16.7 Å². The number of thiophene rings is 1. The van der Waals surface area contributed by atoms with Crippen LogP contribution >= 0.6 is 22.7 Å². The monoisotopic (exact) mass is 410 g/mol. The molecule has 3 heterocycles. The number of carbonyl (C=O) groups is 2. The highest BCUT2D eigenvalue weighted by Gasteiger charge is 2.19. The topological polar surface area (TPSA) is 76.9 Å². The van der Waals surface area contributed by atoms with E-state index in [2.05, 4.69) is 15.3 Å².